The molecule has 1 heteroatoms. The molecule has 0 saturated heterocycles. The van der Waals surface area contributed by atoms with Gasteiger partial charge in [0.1, 0.15) is 0 Å². The largest absolute Gasteiger partial charge is 0.294 e. The summed E-state index contributed by atoms with van der Waals surface area (Å²) in [5.74, 6) is 0.472. The summed E-state index contributed by atoms with van der Waals surface area (Å²) >= 11 is 0. The molecule has 3 rings (SSSR count). The van der Waals surface area contributed by atoms with Gasteiger partial charge in [-0.2, -0.15) is 0 Å². The normalized spacial score (nSPS) is 18.2. The molecular formula is C18H18O. The van der Waals surface area contributed by atoms with Gasteiger partial charge < -0.3 is 0 Å². The van der Waals surface area contributed by atoms with E-state index in [0.29, 0.717) is 5.78 Å². The number of rotatable bonds is 2. The van der Waals surface area contributed by atoms with E-state index in [1.807, 2.05) is 18.2 Å². The summed E-state index contributed by atoms with van der Waals surface area (Å²) in [6, 6.07) is 16.6. The lowest BCUT2D eigenvalue weighted by Crippen LogP contribution is -2.24. The maximum Gasteiger partial charge on any atom is 0.166 e. The predicted octanol–water partition coefficient (Wildman–Crippen LogP) is 3.98. The molecule has 2 aromatic rings. The van der Waals surface area contributed by atoms with Gasteiger partial charge in [0.15, 0.2) is 5.78 Å². The maximum absolute atomic E-state index is 12.5. The Hall–Kier alpha value is -1.89. The first-order chi connectivity index (χ1) is 9.24. The molecule has 19 heavy (non-hydrogen) atoms. The molecular weight excluding hydrogens is 232 g/mol. The zero-order chi connectivity index (χ0) is 13.2. The number of Topliss-reactive ketones (excluding diaryl/α,β-unsaturated/α-hetero) is 1. The predicted molar refractivity (Wildman–Crippen MR) is 77.5 cm³/mol. The highest BCUT2D eigenvalue weighted by atomic mass is 16.1. The molecule has 0 N–H and O–H groups in total. The first-order valence-electron chi connectivity index (χ1n) is 6.92. The molecule has 0 fully saturated rings. The standard InChI is InChI=1S/C18H18O/c1-13-6-8-14(9-7-13)12-16-11-10-15-4-2-3-5-17(15)18(16)19/h2-9,16H,10-12H2,1H3/t16-/m0/s1. The molecule has 0 aromatic heterocycles. The molecule has 0 bridgehead atoms. The van der Waals surface area contributed by atoms with Crippen molar-refractivity contribution >= 4 is 5.78 Å². The molecule has 1 nitrogen and oxygen atoms in total. The molecule has 96 valence electrons. The molecule has 0 amide bonds. The second kappa shape index (κ2) is 5.00. The number of carbonyl (C=O) groups excluding carboxylic acids is 1. The Balaban J connectivity index is 1.81. The van der Waals surface area contributed by atoms with Crippen molar-refractivity contribution in [2.45, 2.75) is 26.2 Å². The van der Waals surface area contributed by atoms with Crippen LogP contribution < -0.4 is 0 Å². The SMILES string of the molecule is Cc1ccc(C[C@@H]2CCc3ccccc3C2=O)cc1. The Morgan fingerprint density at radius 2 is 1.79 bits per heavy atom. The van der Waals surface area contributed by atoms with Gasteiger partial charge in [-0.05, 0) is 37.3 Å². The third-order valence-corrected chi connectivity index (χ3v) is 4.02. The van der Waals surface area contributed by atoms with E-state index in [4.69, 9.17) is 0 Å². The average Bonchev–Trinajstić information content (AvgIpc) is 2.45. The van der Waals surface area contributed by atoms with Gasteiger partial charge in [0.25, 0.3) is 0 Å². The number of hydrogen-bond acceptors (Lipinski definition) is 1. The third-order valence-electron chi connectivity index (χ3n) is 4.02. The number of hydrogen-bond donors (Lipinski definition) is 0. The molecule has 2 aromatic carbocycles. The summed E-state index contributed by atoms with van der Waals surface area (Å²) in [7, 11) is 0. The molecule has 0 spiro atoms. The summed E-state index contributed by atoms with van der Waals surface area (Å²) in [5, 5.41) is 0. The van der Waals surface area contributed by atoms with Gasteiger partial charge in [-0.25, -0.2) is 0 Å². The minimum atomic E-state index is 0.151. The van der Waals surface area contributed by atoms with Gasteiger partial charge in [-0.1, -0.05) is 54.1 Å². The van der Waals surface area contributed by atoms with Crippen molar-refractivity contribution in [1.29, 1.82) is 0 Å². The summed E-state index contributed by atoms with van der Waals surface area (Å²) in [6.07, 6.45) is 2.87. The summed E-state index contributed by atoms with van der Waals surface area (Å²) in [6.45, 7) is 2.09. The Morgan fingerprint density at radius 3 is 2.58 bits per heavy atom. The Morgan fingerprint density at radius 1 is 1.05 bits per heavy atom. The summed E-state index contributed by atoms with van der Waals surface area (Å²) < 4.78 is 0. The van der Waals surface area contributed by atoms with E-state index >= 15 is 0 Å². The second-order valence-electron chi connectivity index (χ2n) is 5.45. The van der Waals surface area contributed by atoms with Gasteiger partial charge in [0.2, 0.25) is 0 Å². The minimum absolute atomic E-state index is 0.151. The number of carbonyl (C=O) groups is 1. The van der Waals surface area contributed by atoms with E-state index in [1.54, 1.807) is 0 Å². The van der Waals surface area contributed by atoms with E-state index in [1.165, 1.54) is 16.7 Å². The molecule has 1 aliphatic carbocycles. The van der Waals surface area contributed by atoms with Crippen molar-refractivity contribution in [3.8, 4) is 0 Å². The zero-order valence-electron chi connectivity index (χ0n) is 11.2. The lowest BCUT2D eigenvalue weighted by Gasteiger charge is -2.23. The van der Waals surface area contributed by atoms with Crippen molar-refractivity contribution in [3.63, 3.8) is 0 Å². The highest BCUT2D eigenvalue weighted by molar-refractivity contribution is 6.00. The van der Waals surface area contributed by atoms with Crippen molar-refractivity contribution in [2.24, 2.45) is 5.92 Å². The fourth-order valence-corrected chi connectivity index (χ4v) is 2.86. The molecule has 0 saturated carbocycles. The van der Waals surface area contributed by atoms with Gasteiger partial charge in [0, 0.05) is 11.5 Å². The van der Waals surface area contributed by atoms with Crippen molar-refractivity contribution < 1.29 is 4.79 Å². The van der Waals surface area contributed by atoms with Crippen molar-refractivity contribution in [1.82, 2.24) is 0 Å². The van der Waals surface area contributed by atoms with Crippen LogP contribution in [0.5, 0.6) is 0 Å². The second-order valence-corrected chi connectivity index (χ2v) is 5.45. The van der Waals surface area contributed by atoms with E-state index in [-0.39, 0.29) is 5.92 Å². The van der Waals surface area contributed by atoms with Crippen LogP contribution in [0, 0.1) is 12.8 Å². The van der Waals surface area contributed by atoms with Crippen LogP contribution in [0.3, 0.4) is 0 Å². The van der Waals surface area contributed by atoms with E-state index in [9.17, 15) is 4.79 Å². The molecule has 0 radical (unpaired) electrons. The first-order valence-corrected chi connectivity index (χ1v) is 6.92. The van der Waals surface area contributed by atoms with Gasteiger partial charge in [-0.3, -0.25) is 4.79 Å². The number of benzene rings is 2. The van der Waals surface area contributed by atoms with Crippen LogP contribution in [-0.2, 0) is 12.8 Å². The van der Waals surface area contributed by atoms with Crippen molar-refractivity contribution in [3.05, 3.63) is 70.8 Å². The number of fused-ring (bicyclic) bond motifs is 1. The lowest BCUT2D eigenvalue weighted by atomic mass is 9.80. The van der Waals surface area contributed by atoms with Crippen molar-refractivity contribution in [2.75, 3.05) is 0 Å². The molecule has 1 aliphatic rings. The fraction of sp³-hybridized carbons (Fsp3) is 0.278. The Kier molecular flexibility index (Phi) is 3.20. The number of ketones is 1. The molecule has 0 aliphatic heterocycles. The highest BCUT2D eigenvalue weighted by Crippen LogP contribution is 2.27. The van der Waals surface area contributed by atoms with E-state index in [2.05, 4.69) is 37.3 Å². The van der Waals surface area contributed by atoms with Crippen LogP contribution in [-0.4, -0.2) is 5.78 Å². The zero-order valence-corrected chi connectivity index (χ0v) is 11.2. The van der Waals surface area contributed by atoms with Crippen LogP contribution in [0.4, 0.5) is 0 Å². The topological polar surface area (TPSA) is 17.1 Å². The monoisotopic (exact) mass is 250 g/mol. The average molecular weight is 250 g/mol. The quantitative estimate of drug-likeness (QED) is 0.787. The molecule has 1 atom stereocenters. The van der Waals surface area contributed by atoms with Crippen LogP contribution in [0.15, 0.2) is 48.5 Å². The lowest BCUT2D eigenvalue weighted by molar-refractivity contribution is 0.0901. The van der Waals surface area contributed by atoms with Gasteiger partial charge in [-0.15, -0.1) is 0 Å². The molecule has 0 heterocycles. The van der Waals surface area contributed by atoms with Gasteiger partial charge >= 0.3 is 0 Å². The van der Waals surface area contributed by atoms with Crippen LogP contribution in [0.1, 0.15) is 33.5 Å². The molecule has 0 unspecified atom stereocenters. The third kappa shape index (κ3) is 2.46. The summed E-state index contributed by atoms with van der Waals surface area (Å²) in [5.41, 5.74) is 4.69. The smallest absolute Gasteiger partial charge is 0.166 e. The van der Waals surface area contributed by atoms with Crippen LogP contribution in [0.2, 0.25) is 0 Å². The first kappa shape index (κ1) is 12.2. The fourth-order valence-electron chi connectivity index (χ4n) is 2.86. The number of aryl methyl sites for hydroxylation is 2. The van der Waals surface area contributed by atoms with Crippen LogP contribution >= 0.6 is 0 Å². The maximum atomic E-state index is 12.5. The minimum Gasteiger partial charge on any atom is -0.294 e. The van der Waals surface area contributed by atoms with Crippen LogP contribution in [0.25, 0.3) is 0 Å². The highest BCUT2D eigenvalue weighted by Gasteiger charge is 2.26. The summed E-state index contributed by atoms with van der Waals surface area (Å²) in [4.78, 5) is 12.5. The Labute approximate surface area is 114 Å². The van der Waals surface area contributed by atoms with Gasteiger partial charge in [0.05, 0.1) is 0 Å². The van der Waals surface area contributed by atoms with E-state index < -0.39 is 0 Å². The van der Waals surface area contributed by atoms with E-state index in [0.717, 1.165) is 24.8 Å². The Bertz CT molecular complexity index is 595.